The van der Waals surface area contributed by atoms with Crippen molar-refractivity contribution in [2.45, 2.75) is 19.8 Å². The molecule has 3 nitrogen and oxygen atoms in total. The summed E-state index contributed by atoms with van der Waals surface area (Å²) in [5, 5.41) is 0.411. The highest BCUT2D eigenvalue weighted by Crippen LogP contribution is 2.31. The summed E-state index contributed by atoms with van der Waals surface area (Å²) in [6.07, 6.45) is 3.37. The van der Waals surface area contributed by atoms with E-state index in [2.05, 4.69) is 4.98 Å². The molecule has 2 rings (SSSR count). The second-order valence-corrected chi connectivity index (χ2v) is 3.86. The van der Waals surface area contributed by atoms with Crippen LogP contribution in [-0.4, -0.2) is 11.0 Å². The largest absolute Gasteiger partial charge is 0.424 e. The van der Waals surface area contributed by atoms with Crippen LogP contribution in [0.15, 0.2) is 12.3 Å². The lowest BCUT2D eigenvalue weighted by atomic mass is 10.3. The van der Waals surface area contributed by atoms with Crippen LogP contribution in [0.2, 0.25) is 5.15 Å². The van der Waals surface area contributed by atoms with Crippen LogP contribution in [0, 0.1) is 12.8 Å². The van der Waals surface area contributed by atoms with Gasteiger partial charge in [-0.15, -0.1) is 0 Å². The molecule has 4 heteroatoms. The average Bonchev–Trinajstić information content (AvgIpc) is 2.92. The zero-order valence-corrected chi connectivity index (χ0v) is 8.54. The molecule has 0 aromatic carbocycles. The fraction of sp³-hybridized carbons (Fsp3) is 0.400. The number of carbonyl (C=O) groups is 1. The third-order valence-corrected chi connectivity index (χ3v) is 2.36. The van der Waals surface area contributed by atoms with Crippen LogP contribution in [0.5, 0.6) is 5.75 Å². The molecule has 1 saturated carbocycles. The Morgan fingerprint density at radius 2 is 2.36 bits per heavy atom. The van der Waals surface area contributed by atoms with Crippen molar-refractivity contribution in [3.05, 3.63) is 23.0 Å². The van der Waals surface area contributed by atoms with Gasteiger partial charge in [-0.2, -0.15) is 0 Å². The van der Waals surface area contributed by atoms with Gasteiger partial charge < -0.3 is 4.74 Å². The van der Waals surface area contributed by atoms with E-state index in [9.17, 15) is 4.79 Å². The summed E-state index contributed by atoms with van der Waals surface area (Å²) in [5.74, 6) is 0.452. The van der Waals surface area contributed by atoms with Crippen LogP contribution in [0.4, 0.5) is 0 Å². The molecule has 1 aromatic heterocycles. The second kappa shape index (κ2) is 3.58. The molecule has 14 heavy (non-hydrogen) atoms. The smallest absolute Gasteiger partial charge is 0.314 e. The van der Waals surface area contributed by atoms with Gasteiger partial charge >= 0.3 is 5.97 Å². The summed E-state index contributed by atoms with van der Waals surface area (Å²) in [6, 6.07) is 1.68. The normalized spacial score (nSPS) is 15.3. The number of ether oxygens (including phenoxy) is 1. The number of rotatable bonds is 2. The zero-order valence-electron chi connectivity index (χ0n) is 7.79. The number of nitrogens with zero attached hydrogens (tertiary/aromatic N) is 1. The third kappa shape index (κ3) is 2.04. The first-order valence-corrected chi connectivity index (χ1v) is 4.88. The molecule has 0 radical (unpaired) electrons. The van der Waals surface area contributed by atoms with Gasteiger partial charge in [-0.1, -0.05) is 11.6 Å². The molecule has 0 bridgehead atoms. The molecule has 0 unspecified atom stereocenters. The maximum Gasteiger partial charge on any atom is 0.314 e. The fourth-order valence-corrected chi connectivity index (χ4v) is 1.34. The molecular formula is C10H10ClNO2. The van der Waals surface area contributed by atoms with E-state index in [0.29, 0.717) is 10.9 Å². The SMILES string of the molecule is Cc1cc(Cl)ncc1OC(=O)C1CC1. The highest BCUT2D eigenvalue weighted by Gasteiger charge is 2.31. The molecule has 0 N–H and O–H groups in total. The standard InChI is InChI=1S/C10H10ClNO2/c1-6-4-9(11)12-5-8(6)14-10(13)7-2-3-7/h4-5,7H,2-3H2,1H3. The van der Waals surface area contributed by atoms with Crippen molar-refractivity contribution in [1.29, 1.82) is 0 Å². The Balaban J connectivity index is 2.11. The molecule has 1 fully saturated rings. The van der Waals surface area contributed by atoms with Crippen molar-refractivity contribution < 1.29 is 9.53 Å². The summed E-state index contributed by atoms with van der Waals surface area (Å²) in [6.45, 7) is 1.84. The number of aryl methyl sites for hydroxylation is 1. The van der Waals surface area contributed by atoms with Crippen molar-refractivity contribution >= 4 is 17.6 Å². The summed E-state index contributed by atoms with van der Waals surface area (Å²) >= 11 is 5.68. The first-order chi connectivity index (χ1) is 6.66. The first-order valence-electron chi connectivity index (χ1n) is 4.50. The molecule has 74 valence electrons. The van der Waals surface area contributed by atoms with Gasteiger partial charge in [0.2, 0.25) is 0 Å². The number of aromatic nitrogens is 1. The van der Waals surface area contributed by atoms with Gasteiger partial charge in [-0.25, -0.2) is 4.98 Å². The number of halogens is 1. The lowest BCUT2D eigenvalue weighted by Crippen LogP contribution is -2.10. The number of pyridine rings is 1. The van der Waals surface area contributed by atoms with Crippen LogP contribution >= 0.6 is 11.6 Å². The average molecular weight is 212 g/mol. The molecule has 0 spiro atoms. The minimum atomic E-state index is -0.155. The Kier molecular flexibility index (Phi) is 2.42. The van der Waals surface area contributed by atoms with Crippen LogP contribution < -0.4 is 4.74 Å². The van der Waals surface area contributed by atoms with Crippen molar-refractivity contribution in [2.75, 3.05) is 0 Å². The van der Waals surface area contributed by atoms with Crippen LogP contribution in [0.25, 0.3) is 0 Å². The molecule has 1 aliphatic rings. The molecule has 1 heterocycles. The van der Waals surface area contributed by atoms with Gasteiger partial charge in [-0.05, 0) is 31.4 Å². The van der Waals surface area contributed by atoms with E-state index in [4.69, 9.17) is 16.3 Å². The third-order valence-electron chi connectivity index (χ3n) is 2.15. The fourth-order valence-electron chi connectivity index (χ4n) is 1.13. The molecule has 0 atom stereocenters. The Hall–Kier alpha value is -1.09. The monoisotopic (exact) mass is 211 g/mol. The number of esters is 1. The Morgan fingerprint density at radius 3 is 2.93 bits per heavy atom. The molecular weight excluding hydrogens is 202 g/mol. The molecule has 0 aliphatic heterocycles. The van der Waals surface area contributed by atoms with E-state index in [1.807, 2.05) is 6.92 Å². The summed E-state index contributed by atoms with van der Waals surface area (Å²) < 4.78 is 5.16. The van der Waals surface area contributed by atoms with Crippen LogP contribution in [-0.2, 0) is 4.79 Å². The Morgan fingerprint density at radius 1 is 1.64 bits per heavy atom. The van der Waals surface area contributed by atoms with E-state index in [0.717, 1.165) is 18.4 Å². The van der Waals surface area contributed by atoms with Crippen molar-refractivity contribution in [3.8, 4) is 5.75 Å². The lowest BCUT2D eigenvalue weighted by molar-refractivity contribution is -0.135. The van der Waals surface area contributed by atoms with E-state index in [-0.39, 0.29) is 11.9 Å². The van der Waals surface area contributed by atoms with Gasteiger partial charge in [0, 0.05) is 0 Å². The molecule has 0 saturated heterocycles. The quantitative estimate of drug-likeness (QED) is 0.557. The van der Waals surface area contributed by atoms with Gasteiger partial charge in [0.1, 0.15) is 5.15 Å². The van der Waals surface area contributed by atoms with Gasteiger partial charge in [0.05, 0.1) is 12.1 Å². The zero-order chi connectivity index (χ0) is 10.1. The minimum Gasteiger partial charge on any atom is -0.424 e. The molecule has 0 amide bonds. The molecule has 1 aliphatic carbocycles. The van der Waals surface area contributed by atoms with E-state index in [1.54, 1.807) is 6.07 Å². The van der Waals surface area contributed by atoms with Crippen LogP contribution in [0.1, 0.15) is 18.4 Å². The van der Waals surface area contributed by atoms with E-state index in [1.165, 1.54) is 6.20 Å². The van der Waals surface area contributed by atoms with E-state index >= 15 is 0 Å². The maximum absolute atomic E-state index is 11.3. The topological polar surface area (TPSA) is 39.2 Å². The summed E-state index contributed by atoms with van der Waals surface area (Å²) in [7, 11) is 0. The minimum absolute atomic E-state index is 0.102. The van der Waals surface area contributed by atoms with Crippen molar-refractivity contribution in [1.82, 2.24) is 4.98 Å². The predicted molar refractivity (Wildman–Crippen MR) is 52.3 cm³/mol. The second-order valence-electron chi connectivity index (χ2n) is 3.47. The van der Waals surface area contributed by atoms with Gasteiger partial charge in [-0.3, -0.25) is 4.79 Å². The maximum atomic E-state index is 11.3. The van der Waals surface area contributed by atoms with Crippen molar-refractivity contribution in [2.24, 2.45) is 5.92 Å². The van der Waals surface area contributed by atoms with Crippen LogP contribution in [0.3, 0.4) is 0 Å². The van der Waals surface area contributed by atoms with E-state index < -0.39 is 0 Å². The summed E-state index contributed by atoms with van der Waals surface area (Å²) in [4.78, 5) is 15.2. The summed E-state index contributed by atoms with van der Waals surface area (Å²) in [5.41, 5.74) is 0.832. The van der Waals surface area contributed by atoms with Gasteiger partial charge in [0.25, 0.3) is 0 Å². The number of hydrogen-bond acceptors (Lipinski definition) is 3. The predicted octanol–water partition coefficient (Wildman–Crippen LogP) is 2.36. The highest BCUT2D eigenvalue weighted by atomic mass is 35.5. The Bertz CT molecular complexity index is 374. The van der Waals surface area contributed by atoms with Gasteiger partial charge in [0.15, 0.2) is 5.75 Å². The Labute approximate surface area is 87.0 Å². The lowest BCUT2D eigenvalue weighted by Gasteiger charge is -2.05. The number of carbonyl (C=O) groups excluding carboxylic acids is 1. The number of hydrogen-bond donors (Lipinski definition) is 0. The first kappa shape index (κ1) is 9.46. The molecule has 1 aromatic rings. The van der Waals surface area contributed by atoms with Crippen molar-refractivity contribution in [3.63, 3.8) is 0 Å². The highest BCUT2D eigenvalue weighted by molar-refractivity contribution is 6.29.